The van der Waals surface area contributed by atoms with Crippen LogP contribution < -0.4 is 5.32 Å². The number of halogens is 1. The number of hydrogen-bond acceptors (Lipinski definition) is 3. The molecule has 0 spiro atoms. The molecule has 0 amide bonds. The van der Waals surface area contributed by atoms with Crippen LogP contribution in [0.1, 0.15) is 24.9 Å². The fourth-order valence-corrected chi connectivity index (χ4v) is 3.71. The number of nitrogens with zero attached hydrogens (tertiary/aromatic N) is 2. The Kier molecular flexibility index (Phi) is 6.13. The van der Waals surface area contributed by atoms with Crippen LogP contribution in [0.15, 0.2) is 46.0 Å². The predicted molar refractivity (Wildman–Crippen MR) is 89.2 cm³/mol. The van der Waals surface area contributed by atoms with Gasteiger partial charge < -0.3 is 5.32 Å². The van der Waals surface area contributed by atoms with E-state index >= 15 is 0 Å². The van der Waals surface area contributed by atoms with Gasteiger partial charge in [-0.05, 0) is 41.5 Å². The maximum Gasteiger partial charge on any atom is 0.0537 e. The molecule has 0 bridgehead atoms. The minimum atomic E-state index is 0.317. The fourth-order valence-electron chi connectivity index (χ4n) is 1.99. The van der Waals surface area contributed by atoms with Crippen molar-refractivity contribution in [2.24, 2.45) is 0 Å². The van der Waals surface area contributed by atoms with Gasteiger partial charge in [-0.2, -0.15) is 5.10 Å². The molecule has 1 aromatic heterocycles. The molecule has 2 aromatic rings. The monoisotopic (exact) mass is 353 g/mol. The molecule has 5 heteroatoms. The third-order valence-corrected chi connectivity index (χ3v) is 5.22. The molecule has 1 atom stereocenters. The highest BCUT2D eigenvalue weighted by Crippen LogP contribution is 2.30. The van der Waals surface area contributed by atoms with Gasteiger partial charge in [-0.1, -0.05) is 19.1 Å². The van der Waals surface area contributed by atoms with E-state index in [4.69, 9.17) is 0 Å². The van der Waals surface area contributed by atoms with E-state index in [1.807, 2.05) is 35.8 Å². The van der Waals surface area contributed by atoms with Crippen LogP contribution in [0.4, 0.5) is 0 Å². The third-order valence-electron chi connectivity index (χ3n) is 3.10. The van der Waals surface area contributed by atoms with Crippen molar-refractivity contribution in [1.82, 2.24) is 15.1 Å². The molecule has 108 valence electrons. The van der Waals surface area contributed by atoms with Gasteiger partial charge in [-0.3, -0.25) is 4.68 Å². The van der Waals surface area contributed by atoms with Gasteiger partial charge in [-0.15, -0.1) is 11.8 Å². The fraction of sp³-hybridized carbons (Fsp3) is 0.400. The molecule has 2 rings (SSSR count). The number of benzene rings is 1. The summed E-state index contributed by atoms with van der Waals surface area (Å²) in [6, 6.07) is 8.65. The van der Waals surface area contributed by atoms with Gasteiger partial charge >= 0.3 is 0 Å². The molecule has 0 fully saturated rings. The van der Waals surface area contributed by atoms with E-state index < -0.39 is 0 Å². The van der Waals surface area contributed by atoms with Crippen LogP contribution in [-0.4, -0.2) is 22.6 Å². The quantitative estimate of drug-likeness (QED) is 0.759. The molecular weight excluding hydrogens is 334 g/mol. The zero-order chi connectivity index (χ0) is 14.4. The molecule has 0 saturated heterocycles. The van der Waals surface area contributed by atoms with Crippen LogP contribution in [0.5, 0.6) is 0 Å². The topological polar surface area (TPSA) is 29.9 Å². The summed E-state index contributed by atoms with van der Waals surface area (Å²) in [5.74, 6) is 0.983. The molecule has 0 radical (unpaired) electrons. The van der Waals surface area contributed by atoms with Crippen LogP contribution >= 0.6 is 27.7 Å². The van der Waals surface area contributed by atoms with Crippen molar-refractivity contribution >= 4 is 27.7 Å². The van der Waals surface area contributed by atoms with Crippen LogP contribution in [-0.2, 0) is 6.54 Å². The van der Waals surface area contributed by atoms with E-state index in [-0.39, 0.29) is 0 Å². The third kappa shape index (κ3) is 4.11. The van der Waals surface area contributed by atoms with Gasteiger partial charge in [0.15, 0.2) is 0 Å². The summed E-state index contributed by atoms with van der Waals surface area (Å²) in [5.41, 5.74) is 1.25. The van der Waals surface area contributed by atoms with Crippen molar-refractivity contribution in [1.29, 1.82) is 0 Å². The Bertz CT molecular complexity index is 541. The first-order valence-corrected chi connectivity index (χ1v) is 8.59. The Morgan fingerprint density at radius 1 is 1.40 bits per heavy atom. The average molecular weight is 354 g/mol. The molecular formula is C15H20BrN3S. The van der Waals surface area contributed by atoms with Gasteiger partial charge in [0.25, 0.3) is 0 Å². The Labute approximate surface area is 133 Å². The SMILES string of the molecule is CCCn1cc(C(CSc2ccccc2Br)NC)cn1. The van der Waals surface area contributed by atoms with Crippen molar-refractivity contribution in [3.8, 4) is 0 Å². The van der Waals surface area contributed by atoms with Crippen molar-refractivity contribution in [2.75, 3.05) is 12.8 Å². The van der Waals surface area contributed by atoms with Crippen LogP contribution in [0.25, 0.3) is 0 Å². The number of aryl methyl sites for hydroxylation is 1. The standard InChI is InChI=1S/C15H20BrN3S/c1-3-8-19-10-12(9-18-19)14(17-2)11-20-15-7-5-4-6-13(15)16/h4-7,9-10,14,17H,3,8,11H2,1-2H3. The molecule has 0 aliphatic heterocycles. The highest BCUT2D eigenvalue weighted by atomic mass is 79.9. The second kappa shape index (κ2) is 7.86. The van der Waals surface area contributed by atoms with Crippen LogP contribution in [0.2, 0.25) is 0 Å². The molecule has 0 aliphatic carbocycles. The van der Waals surface area contributed by atoms with Gasteiger partial charge in [-0.25, -0.2) is 0 Å². The smallest absolute Gasteiger partial charge is 0.0537 e. The highest BCUT2D eigenvalue weighted by Gasteiger charge is 2.12. The van der Waals surface area contributed by atoms with Gasteiger partial charge in [0.1, 0.15) is 0 Å². The van der Waals surface area contributed by atoms with Crippen molar-refractivity contribution < 1.29 is 0 Å². The van der Waals surface area contributed by atoms with Crippen molar-refractivity contribution in [3.63, 3.8) is 0 Å². The van der Waals surface area contributed by atoms with Gasteiger partial charge in [0, 0.05) is 39.5 Å². The maximum absolute atomic E-state index is 4.41. The Morgan fingerprint density at radius 3 is 2.90 bits per heavy atom. The summed E-state index contributed by atoms with van der Waals surface area (Å²) in [6.07, 6.45) is 5.22. The first-order valence-electron chi connectivity index (χ1n) is 6.81. The predicted octanol–water partition coefficient (Wildman–Crippen LogP) is 4.11. The summed E-state index contributed by atoms with van der Waals surface area (Å²) in [7, 11) is 2.00. The first-order chi connectivity index (χ1) is 9.74. The summed E-state index contributed by atoms with van der Waals surface area (Å²) in [4.78, 5) is 1.27. The zero-order valence-electron chi connectivity index (χ0n) is 11.8. The van der Waals surface area contributed by atoms with E-state index in [2.05, 4.69) is 57.7 Å². The number of rotatable bonds is 7. The lowest BCUT2D eigenvalue weighted by molar-refractivity contribution is 0.599. The number of hydrogen-bond donors (Lipinski definition) is 1. The minimum absolute atomic E-state index is 0.317. The Balaban J connectivity index is 1.99. The lowest BCUT2D eigenvalue weighted by Gasteiger charge is -2.14. The number of thioether (sulfide) groups is 1. The molecule has 0 aliphatic rings. The van der Waals surface area contributed by atoms with Crippen molar-refractivity contribution in [2.45, 2.75) is 30.8 Å². The molecule has 1 N–H and O–H groups in total. The molecule has 20 heavy (non-hydrogen) atoms. The Morgan fingerprint density at radius 2 is 2.20 bits per heavy atom. The summed E-state index contributed by atoms with van der Waals surface area (Å²) in [5, 5.41) is 7.78. The largest absolute Gasteiger partial charge is 0.312 e. The summed E-state index contributed by atoms with van der Waals surface area (Å²) >= 11 is 5.44. The minimum Gasteiger partial charge on any atom is -0.312 e. The lowest BCUT2D eigenvalue weighted by atomic mass is 10.2. The van der Waals surface area contributed by atoms with E-state index in [0.29, 0.717) is 6.04 Å². The second-order valence-electron chi connectivity index (χ2n) is 4.62. The lowest BCUT2D eigenvalue weighted by Crippen LogP contribution is -2.18. The van der Waals surface area contributed by atoms with E-state index in [0.717, 1.165) is 23.2 Å². The first kappa shape index (κ1) is 15.6. The number of aromatic nitrogens is 2. The second-order valence-corrected chi connectivity index (χ2v) is 6.54. The van der Waals surface area contributed by atoms with Gasteiger partial charge in [0.2, 0.25) is 0 Å². The summed E-state index contributed by atoms with van der Waals surface area (Å²) < 4.78 is 3.17. The summed E-state index contributed by atoms with van der Waals surface area (Å²) in [6.45, 7) is 3.15. The van der Waals surface area contributed by atoms with Crippen LogP contribution in [0, 0.1) is 0 Å². The highest BCUT2D eigenvalue weighted by molar-refractivity contribution is 9.10. The van der Waals surface area contributed by atoms with Gasteiger partial charge in [0.05, 0.1) is 6.20 Å². The molecule has 0 saturated carbocycles. The van der Waals surface area contributed by atoms with Crippen LogP contribution in [0.3, 0.4) is 0 Å². The molecule has 3 nitrogen and oxygen atoms in total. The Hall–Kier alpha value is -0.780. The zero-order valence-corrected chi connectivity index (χ0v) is 14.2. The van der Waals surface area contributed by atoms with E-state index in [1.54, 1.807) is 0 Å². The molecule has 1 heterocycles. The maximum atomic E-state index is 4.41. The van der Waals surface area contributed by atoms with Crippen molar-refractivity contribution in [3.05, 3.63) is 46.7 Å². The normalized spacial score (nSPS) is 12.6. The molecule has 1 unspecified atom stereocenters. The van der Waals surface area contributed by atoms with E-state index in [9.17, 15) is 0 Å². The molecule has 1 aromatic carbocycles. The number of nitrogens with one attached hydrogen (secondary N) is 1. The van der Waals surface area contributed by atoms with E-state index in [1.165, 1.54) is 10.5 Å². The average Bonchev–Trinajstić information content (AvgIpc) is 2.90.